The van der Waals surface area contributed by atoms with Crippen molar-refractivity contribution in [2.75, 3.05) is 19.6 Å². The van der Waals surface area contributed by atoms with Crippen LogP contribution >= 0.6 is 0 Å². The average molecular weight is 268 g/mol. The van der Waals surface area contributed by atoms with Crippen LogP contribution in [0.4, 0.5) is 0 Å². The van der Waals surface area contributed by atoms with Crippen LogP contribution in [0, 0.1) is 11.3 Å². The molecule has 0 amide bonds. The highest BCUT2D eigenvalue weighted by Gasteiger charge is 2.37. The van der Waals surface area contributed by atoms with Gasteiger partial charge in [-0.3, -0.25) is 0 Å². The molecule has 1 heterocycles. The van der Waals surface area contributed by atoms with E-state index < -0.39 is 5.60 Å². The Morgan fingerprint density at radius 1 is 1.11 bits per heavy atom. The highest BCUT2D eigenvalue weighted by atomic mass is 16.3. The van der Waals surface area contributed by atoms with Crippen LogP contribution in [0.25, 0.3) is 0 Å². The van der Waals surface area contributed by atoms with Crippen LogP contribution in [0.1, 0.15) is 59.3 Å². The second-order valence-electron chi connectivity index (χ2n) is 7.82. The second kappa shape index (κ2) is 5.71. The van der Waals surface area contributed by atoms with Crippen molar-refractivity contribution in [3.63, 3.8) is 0 Å². The summed E-state index contributed by atoms with van der Waals surface area (Å²) in [6.07, 6.45) is 6.80. The number of nitrogens with zero attached hydrogens (tertiary/aromatic N) is 1. The van der Waals surface area contributed by atoms with Gasteiger partial charge in [-0.25, -0.2) is 0 Å². The lowest BCUT2D eigenvalue weighted by molar-refractivity contribution is 0.0424. The minimum absolute atomic E-state index is 0.292. The van der Waals surface area contributed by atoms with Gasteiger partial charge in [0.2, 0.25) is 0 Å². The van der Waals surface area contributed by atoms with Gasteiger partial charge in [0.1, 0.15) is 0 Å². The van der Waals surface area contributed by atoms with Crippen molar-refractivity contribution < 1.29 is 5.11 Å². The third-order valence-electron chi connectivity index (χ3n) is 5.46. The Morgan fingerprint density at radius 3 is 2.58 bits per heavy atom. The van der Waals surface area contributed by atoms with Gasteiger partial charge in [0.05, 0.1) is 5.60 Å². The van der Waals surface area contributed by atoms with E-state index in [1.54, 1.807) is 0 Å². The lowest BCUT2D eigenvalue weighted by atomic mass is 9.68. The number of rotatable bonds is 2. The minimum atomic E-state index is -0.456. The van der Waals surface area contributed by atoms with Crippen LogP contribution in [0.15, 0.2) is 0 Å². The van der Waals surface area contributed by atoms with E-state index in [-0.39, 0.29) is 0 Å². The number of hydrogen-bond acceptors (Lipinski definition) is 3. The molecule has 0 radical (unpaired) electrons. The molecule has 2 aliphatic rings. The summed E-state index contributed by atoms with van der Waals surface area (Å²) in [5, 5.41) is 10.2. The first-order chi connectivity index (χ1) is 8.80. The van der Waals surface area contributed by atoms with E-state index >= 15 is 0 Å². The maximum Gasteiger partial charge on any atom is 0.0632 e. The Balaban J connectivity index is 1.90. The summed E-state index contributed by atoms with van der Waals surface area (Å²) in [6, 6.07) is 0.324. The first-order valence-electron chi connectivity index (χ1n) is 8.00. The molecule has 1 aliphatic carbocycles. The van der Waals surface area contributed by atoms with Crippen LogP contribution in [0.5, 0.6) is 0 Å². The summed E-state index contributed by atoms with van der Waals surface area (Å²) < 4.78 is 0. The van der Waals surface area contributed by atoms with Gasteiger partial charge in [0.15, 0.2) is 0 Å². The van der Waals surface area contributed by atoms with Crippen molar-refractivity contribution in [3.8, 4) is 0 Å². The Morgan fingerprint density at radius 2 is 1.84 bits per heavy atom. The zero-order chi connectivity index (χ0) is 14.1. The SMILES string of the molecule is CC1(O)CCCN(CC2CCCC(C)(C)C2N)CC1. The number of aliphatic hydroxyl groups is 1. The van der Waals surface area contributed by atoms with Crippen LogP contribution < -0.4 is 5.73 Å². The van der Waals surface area contributed by atoms with Crippen molar-refractivity contribution in [2.24, 2.45) is 17.1 Å². The maximum atomic E-state index is 10.2. The molecule has 19 heavy (non-hydrogen) atoms. The normalized spacial score (nSPS) is 40.9. The Labute approximate surface area is 118 Å². The van der Waals surface area contributed by atoms with Crippen LogP contribution in [0.3, 0.4) is 0 Å². The van der Waals surface area contributed by atoms with Gasteiger partial charge in [-0.15, -0.1) is 0 Å². The zero-order valence-corrected chi connectivity index (χ0v) is 13.0. The average Bonchev–Trinajstić information content (AvgIpc) is 2.47. The van der Waals surface area contributed by atoms with Gasteiger partial charge in [-0.05, 0) is 56.9 Å². The lowest BCUT2D eigenvalue weighted by Gasteiger charge is -2.43. The molecular formula is C16H32N2O. The quantitative estimate of drug-likeness (QED) is 0.808. The molecule has 1 saturated heterocycles. The smallest absolute Gasteiger partial charge is 0.0632 e. The summed E-state index contributed by atoms with van der Waals surface area (Å²) in [4.78, 5) is 2.54. The fraction of sp³-hybridized carbons (Fsp3) is 1.00. The van der Waals surface area contributed by atoms with Crippen LogP contribution in [-0.2, 0) is 0 Å². The van der Waals surface area contributed by atoms with Gasteiger partial charge in [0.25, 0.3) is 0 Å². The topological polar surface area (TPSA) is 49.5 Å². The van der Waals surface area contributed by atoms with Gasteiger partial charge < -0.3 is 15.7 Å². The number of nitrogens with two attached hydrogens (primary N) is 1. The molecule has 0 aromatic carbocycles. The molecule has 3 heteroatoms. The molecule has 1 saturated carbocycles. The predicted octanol–water partition coefficient (Wildman–Crippen LogP) is 2.38. The Bertz CT molecular complexity index is 301. The summed E-state index contributed by atoms with van der Waals surface area (Å²) in [6.45, 7) is 9.89. The van der Waals surface area contributed by atoms with E-state index in [4.69, 9.17) is 5.73 Å². The molecule has 3 unspecified atom stereocenters. The largest absolute Gasteiger partial charge is 0.390 e. The highest BCUT2D eigenvalue weighted by Crippen LogP contribution is 2.38. The van der Waals surface area contributed by atoms with Crippen LogP contribution in [0.2, 0.25) is 0 Å². The highest BCUT2D eigenvalue weighted by molar-refractivity contribution is 4.93. The number of likely N-dealkylation sites (tertiary alicyclic amines) is 1. The van der Waals surface area contributed by atoms with Gasteiger partial charge >= 0.3 is 0 Å². The molecule has 2 fully saturated rings. The predicted molar refractivity (Wildman–Crippen MR) is 80.0 cm³/mol. The van der Waals surface area contributed by atoms with Gasteiger partial charge in [0, 0.05) is 19.1 Å². The minimum Gasteiger partial charge on any atom is -0.390 e. The van der Waals surface area contributed by atoms with E-state index in [9.17, 15) is 5.11 Å². The van der Waals surface area contributed by atoms with E-state index in [0.29, 0.717) is 17.4 Å². The Hall–Kier alpha value is -0.120. The first-order valence-corrected chi connectivity index (χ1v) is 8.00. The standard InChI is InChI=1S/C16H32N2O/c1-15(2)7-4-6-13(14(15)17)12-18-10-5-8-16(3,19)9-11-18/h13-14,19H,4-12,17H2,1-3H3. The monoisotopic (exact) mass is 268 g/mol. The summed E-state index contributed by atoms with van der Waals surface area (Å²) in [5.74, 6) is 0.631. The van der Waals surface area contributed by atoms with Crippen molar-refractivity contribution >= 4 is 0 Å². The fourth-order valence-electron chi connectivity index (χ4n) is 3.84. The molecule has 112 valence electrons. The molecule has 0 aromatic heterocycles. The fourth-order valence-corrected chi connectivity index (χ4v) is 3.84. The molecule has 3 N–H and O–H groups in total. The molecule has 2 rings (SSSR count). The molecular weight excluding hydrogens is 236 g/mol. The third kappa shape index (κ3) is 3.93. The molecule has 0 aromatic rings. The third-order valence-corrected chi connectivity index (χ3v) is 5.46. The summed E-state index contributed by atoms with van der Waals surface area (Å²) in [7, 11) is 0. The molecule has 3 atom stereocenters. The molecule has 1 aliphatic heterocycles. The zero-order valence-electron chi connectivity index (χ0n) is 13.0. The van der Waals surface area contributed by atoms with E-state index in [2.05, 4.69) is 18.7 Å². The lowest BCUT2D eigenvalue weighted by Crippen LogP contribution is -2.50. The van der Waals surface area contributed by atoms with Gasteiger partial charge in [-0.2, -0.15) is 0 Å². The summed E-state index contributed by atoms with van der Waals surface area (Å²) in [5.41, 5.74) is 6.33. The van der Waals surface area contributed by atoms with Crippen LogP contribution in [-0.4, -0.2) is 41.3 Å². The van der Waals surface area contributed by atoms with Gasteiger partial charge in [-0.1, -0.05) is 20.3 Å². The second-order valence-corrected chi connectivity index (χ2v) is 7.82. The van der Waals surface area contributed by atoms with Crippen molar-refractivity contribution in [3.05, 3.63) is 0 Å². The maximum absolute atomic E-state index is 10.2. The van der Waals surface area contributed by atoms with E-state index in [1.165, 1.54) is 19.3 Å². The molecule has 0 spiro atoms. The Kier molecular flexibility index (Phi) is 4.59. The molecule has 3 nitrogen and oxygen atoms in total. The van der Waals surface area contributed by atoms with Crippen molar-refractivity contribution in [2.45, 2.75) is 70.9 Å². The molecule has 0 bridgehead atoms. The van der Waals surface area contributed by atoms with E-state index in [1.807, 2.05) is 6.92 Å². The first kappa shape index (κ1) is 15.3. The van der Waals surface area contributed by atoms with E-state index in [0.717, 1.165) is 38.9 Å². The summed E-state index contributed by atoms with van der Waals surface area (Å²) >= 11 is 0. The van der Waals surface area contributed by atoms with Crippen molar-refractivity contribution in [1.82, 2.24) is 4.90 Å². The number of hydrogen-bond donors (Lipinski definition) is 2. The van der Waals surface area contributed by atoms with Crippen molar-refractivity contribution in [1.29, 1.82) is 0 Å².